The Morgan fingerprint density at radius 3 is 2.78 bits per heavy atom. The van der Waals surface area contributed by atoms with Gasteiger partial charge in [0.25, 0.3) is 0 Å². The molecule has 1 atom stereocenters. The molecular formula is C17H23N5O. The molecule has 1 aromatic carbocycles. The molecule has 0 aromatic heterocycles. The minimum absolute atomic E-state index is 0.0815. The van der Waals surface area contributed by atoms with Crippen molar-refractivity contribution < 1.29 is 4.79 Å². The molecule has 6 nitrogen and oxygen atoms in total. The van der Waals surface area contributed by atoms with Gasteiger partial charge in [-0.15, -0.1) is 0 Å². The van der Waals surface area contributed by atoms with E-state index in [0.29, 0.717) is 17.3 Å². The molecule has 0 unspecified atom stereocenters. The van der Waals surface area contributed by atoms with E-state index < -0.39 is 0 Å². The van der Waals surface area contributed by atoms with Gasteiger partial charge >= 0.3 is 6.03 Å². The van der Waals surface area contributed by atoms with E-state index in [1.54, 1.807) is 6.07 Å². The van der Waals surface area contributed by atoms with Gasteiger partial charge in [-0.25, -0.2) is 4.79 Å². The summed E-state index contributed by atoms with van der Waals surface area (Å²) in [6, 6.07) is 8.12. The first-order valence-electron chi connectivity index (χ1n) is 8.19. The summed E-state index contributed by atoms with van der Waals surface area (Å²) in [5.41, 5.74) is 2.20. The van der Waals surface area contributed by atoms with E-state index in [0.717, 1.165) is 44.8 Å². The minimum atomic E-state index is -0.0815. The van der Waals surface area contributed by atoms with Crippen molar-refractivity contribution in [3.8, 4) is 6.07 Å². The molecule has 3 rings (SSSR count). The molecule has 2 saturated heterocycles. The van der Waals surface area contributed by atoms with Crippen LogP contribution in [0.3, 0.4) is 0 Å². The quantitative estimate of drug-likeness (QED) is 0.865. The molecule has 0 spiro atoms. The number of urea groups is 1. The van der Waals surface area contributed by atoms with Crippen molar-refractivity contribution in [3.63, 3.8) is 0 Å². The van der Waals surface area contributed by atoms with Gasteiger partial charge in [-0.3, -0.25) is 4.90 Å². The summed E-state index contributed by atoms with van der Waals surface area (Å²) >= 11 is 0. The summed E-state index contributed by atoms with van der Waals surface area (Å²) in [7, 11) is 0. The Balaban J connectivity index is 1.54. The van der Waals surface area contributed by atoms with Crippen LogP contribution in [-0.2, 0) is 0 Å². The van der Waals surface area contributed by atoms with Crippen LogP contribution in [0, 0.1) is 18.3 Å². The van der Waals surface area contributed by atoms with E-state index in [1.165, 1.54) is 6.42 Å². The summed E-state index contributed by atoms with van der Waals surface area (Å²) in [6.45, 7) is 7.40. The van der Waals surface area contributed by atoms with Crippen LogP contribution >= 0.6 is 0 Å². The van der Waals surface area contributed by atoms with Crippen LogP contribution < -0.4 is 10.6 Å². The average Bonchev–Trinajstić information content (AvgIpc) is 3.11. The van der Waals surface area contributed by atoms with Crippen molar-refractivity contribution in [3.05, 3.63) is 29.3 Å². The molecule has 23 heavy (non-hydrogen) atoms. The fourth-order valence-electron chi connectivity index (χ4n) is 3.26. The van der Waals surface area contributed by atoms with E-state index in [4.69, 9.17) is 5.26 Å². The normalized spacial score (nSPS) is 21.9. The largest absolute Gasteiger partial charge is 0.322 e. The Hall–Kier alpha value is -2.10. The number of hydrogen-bond acceptors (Lipinski definition) is 4. The van der Waals surface area contributed by atoms with E-state index in [9.17, 15) is 4.79 Å². The first-order valence-corrected chi connectivity index (χ1v) is 8.19. The molecule has 0 radical (unpaired) electrons. The Labute approximate surface area is 137 Å². The monoisotopic (exact) mass is 313 g/mol. The highest BCUT2D eigenvalue weighted by Gasteiger charge is 2.27. The Kier molecular flexibility index (Phi) is 4.79. The molecule has 0 aliphatic carbocycles. The Morgan fingerprint density at radius 2 is 2.13 bits per heavy atom. The standard InChI is InChI=1S/C17H23N5O/c1-13-2-3-15(10-14(13)11-18)20-17(23)22-8-6-21(7-9-22)16-4-5-19-12-16/h2-3,10,16,19H,4-9,12H2,1H3,(H,20,23)/t16-/m0/s1. The van der Waals surface area contributed by atoms with Crippen LogP contribution in [0.15, 0.2) is 18.2 Å². The number of nitrogens with zero attached hydrogens (tertiary/aromatic N) is 3. The van der Waals surface area contributed by atoms with Gasteiger partial charge in [-0.2, -0.15) is 5.26 Å². The third-order valence-electron chi connectivity index (χ3n) is 4.76. The molecule has 0 saturated carbocycles. The third kappa shape index (κ3) is 3.63. The van der Waals surface area contributed by atoms with Crippen molar-refractivity contribution in [2.45, 2.75) is 19.4 Å². The number of piperazine rings is 1. The number of nitrogens with one attached hydrogen (secondary N) is 2. The molecule has 2 amide bonds. The predicted octanol–water partition coefficient (Wildman–Crippen LogP) is 1.38. The molecule has 0 bridgehead atoms. The van der Waals surface area contributed by atoms with Crippen LogP contribution in [0.4, 0.5) is 10.5 Å². The second-order valence-corrected chi connectivity index (χ2v) is 6.24. The maximum atomic E-state index is 12.4. The first kappa shape index (κ1) is 15.8. The topological polar surface area (TPSA) is 71.4 Å². The number of anilines is 1. The molecule has 2 N–H and O–H groups in total. The smallest absolute Gasteiger partial charge is 0.321 e. The molecule has 2 aliphatic rings. The number of aryl methyl sites for hydroxylation is 1. The number of hydrogen-bond donors (Lipinski definition) is 2. The van der Waals surface area contributed by atoms with Gasteiger partial charge in [0, 0.05) is 44.5 Å². The van der Waals surface area contributed by atoms with Crippen molar-refractivity contribution in [2.24, 2.45) is 0 Å². The Bertz CT molecular complexity index is 610. The lowest BCUT2D eigenvalue weighted by molar-refractivity contribution is 0.119. The van der Waals surface area contributed by atoms with E-state index in [-0.39, 0.29) is 6.03 Å². The number of nitriles is 1. The van der Waals surface area contributed by atoms with E-state index >= 15 is 0 Å². The maximum Gasteiger partial charge on any atom is 0.321 e. The summed E-state index contributed by atoms with van der Waals surface area (Å²) in [5, 5.41) is 15.4. The number of carbonyl (C=O) groups is 1. The zero-order valence-electron chi connectivity index (χ0n) is 13.5. The third-order valence-corrected chi connectivity index (χ3v) is 4.76. The first-order chi connectivity index (χ1) is 11.2. The highest BCUT2D eigenvalue weighted by molar-refractivity contribution is 5.89. The van der Waals surface area contributed by atoms with Crippen molar-refractivity contribution in [1.82, 2.24) is 15.1 Å². The lowest BCUT2D eigenvalue weighted by Gasteiger charge is -2.37. The zero-order valence-corrected chi connectivity index (χ0v) is 13.5. The van der Waals surface area contributed by atoms with Gasteiger partial charge in [0.1, 0.15) is 0 Å². The van der Waals surface area contributed by atoms with E-state index in [2.05, 4.69) is 21.6 Å². The fourth-order valence-corrected chi connectivity index (χ4v) is 3.26. The average molecular weight is 313 g/mol. The van der Waals surface area contributed by atoms with Crippen molar-refractivity contribution in [1.29, 1.82) is 5.26 Å². The maximum absolute atomic E-state index is 12.4. The molecular weight excluding hydrogens is 290 g/mol. The van der Waals surface area contributed by atoms with E-state index in [1.807, 2.05) is 24.0 Å². The van der Waals surface area contributed by atoms with Crippen molar-refractivity contribution >= 4 is 11.7 Å². The number of rotatable bonds is 2. The molecule has 6 heteroatoms. The molecule has 2 heterocycles. The number of amides is 2. The Morgan fingerprint density at radius 1 is 1.35 bits per heavy atom. The van der Waals surface area contributed by atoms with Gasteiger partial charge in [-0.1, -0.05) is 6.07 Å². The highest BCUT2D eigenvalue weighted by Crippen LogP contribution is 2.16. The lowest BCUT2D eigenvalue weighted by atomic mass is 10.1. The van der Waals surface area contributed by atoms with Crippen LogP contribution in [-0.4, -0.2) is 61.1 Å². The zero-order chi connectivity index (χ0) is 16.2. The summed E-state index contributed by atoms with van der Waals surface area (Å²) in [6.07, 6.45) is 1.20. The van der Waals surface area contributed by atoms with Gasteiger partial charge in [0.05, 0.1) is 11.6 Å². The molecule has 2 aliphatic heterocycles. The lowest BCUT2D eigenvalue weighted by Crippen LogP contribution is -2.53. The second-order valence-electron chi connectivity index (χ2n) is 6.24. The van der Waals surface area contributed by atoms with Gasteiger partial charge in [0.15, 0.2) is 0 Å². The van der Waals surface area contributed by atoms with Crippen LogP contribution in [0.1, 0.15) is 17.5 Å². The van der Waals surface area contributed by atoms with Crippen molar-refractivity contribution in [2.75, 3.05) is 44.6 Å². The summed E-state index contributed by atoms with van der Waals surface area (Å²) < 4.78 is 0. The van der Waals surface area contributed by atoms with Gasteiger partial charge in [-0.05, 0) is 37.6 Å². The highest BCUT2D eigenvalue weighted by atomic mass is 16.2. The molecule has 122 valence electrons. The van der Waals surface area contributed by atoms with Crippen LogP contribution in [0.25, 0.3) is 0 Å². The van der Waals surface area contributed by atoms with Gasteiger partial charge < -0.3 is 15.5 Å². The van der Waals surface area contributed by atoms with Gasteiger partial charge in [0.2, 0.25) is 0 Å². The number of carbonyl (C=O) groups excluding carboxylic acids is 1. The van der Waals surface area contributed by atoms with Crippen LogP contribution in [0.5, 0.6) is 0 Å². The minimum Gasteiger partial charge on any atom is -0.322 e. The summed E-state index contributed by atoms with van der Waals surface area (Å²) in [4.78, 5) is 16.7. The van der Waals surface area contributed by atoms with Crippen LogP contribution in [0.2, 0.25) is 0 Å². The second kappa shape index (κ2) is 6.99. The SMILES string of the molecule is Cc1ccc(NC(=O)N2CCN([C@H]3CCNC3)CC2)cc1C#N. The number of benzene rings is 1. The predicted molar refractivity (Wildman–Crippen MR) is 89.3 cm³/mol. The molecule has 2 fully saturated rings. The molecule has 1 aromatic rings. The summed E-state index contributed by atoms with van der Waals surface area (Å²) in [5.74, 6) is 0. The fraction of sp³-hybridized carbons (Fsp3) is 0.529.